The smallest absolute Gasteiger partial charge is 0.253 e. The molecule has 0 saturated carbocycles. The minimum atomic E-state index is 0.0678. The standard InChI is InChI=1S/C23H31N5O2/c1-3-30-20-9-7-19(8-10-20)23(29)27-16-14-26(15-17-27)21-11-12-22(25-24-21)28-13-5-4-6-18(28)2/h7-12,18H,3-6,13-17H2,1-2H3. The second kappa shape index (κ2) is 9.32. The summed E-state index contributed by atoms with van der Waals surface area (Å²) >= 11 is 0. The zero-order valence-corrected chi connectivity index (χ0v) is 18.0. The Morgan fingerprint density at radius 3 is 2.30 bits per heavy atom. The molecule has 1 atom stereocenters. The van der Waals surface area contributed by atoms with Crippen LogP contribution in [0, 0.1) is 0 Å². The monoisotopic (exact) mass is 409 g/mol. The number of benzene rings is 1. The Labute approximate surface area is 178 Å². The van der Waals surface area contributed by atoms with Gasteiger partial charge in [-0.3, -0.25) is 4.79 Å². The number of anilines is 2. The molecule has 2 fully saturated rings. The van der Waals surface area contributed by atoms with Crippen molar-refractivity contribution in [2.24, 2.45) is 0 Å². The summed E-state index contributed by atoms with van der Waals surface area (Å²) in [5.41, 5.74) is 0.701. The lowest BCUT2D eigenvalue weighted by atomic mass is 10.0. The van der Waals surface area contributed by atoms with Crippen LogP contribution in [-0.2, 0) is 0 Å². The van der Waals surface area contributed by atoms with Crippen LogP contribution in [0.4, 0.5) is 11.6 Å². The average Bonchev–Trinajstić information content (AvgIpc) is 2.80. The molecule has 0 aliphatic carbocycles. The summed E-state index contributed by atoms with van der Waals surface area (Å²) in [5.74, 6) is 2.71. The minimum Gasteiger partial charge on any atom is -0.494 e. The highest BCUT2D eigenvalue weighted by Gasteiger charge is 2.24. The lowest BCUT2D eigenvalue weighted by Crippen LogP contribution is -2.49. The summed E-state index contributed by atoms with van der Waals surface area (Å²) in [6.45, 7) is 8.77. The zero-order chi connectivity index (χ0) is 20.9. The predicted octanol–water partition coefficient (Wildman–Crippen LogP) is 3.22. The summed E-state index contributed by atoms with van der Waals surface area (Å²) in [4.78, 5) is 19.3. The van der Waals surface area contributed by atoms with Gasteiger partial charge in [-0.15, -0.1) is 10.2 Å². The first-order valence-corrected chi connectivity index (χ1v) is 11.0. The molecule has 2 saturated heterocycles. The summed E-state index contributed by atoms with van der Waals surface area (Å²) in [7, 11) is 0. The number of carbonyl (C=O) groups is 1. The summed E-state index contributed by atoms with van der Waals surface area (Å²) in [6.07, 6.45) is 3.73. The fourth-order valence-electron chi connectivity index (χ4n) is 4.26. The van der Waals surface area contributed by atoms with Crippen LogP contribution in [0.3, 0.4) is 0 Å². The molecule has 1 aromatic heterocycles. The van der Waals surface area contributed by atoms with E-state index in [1.54, 1.807) is 0 Å². The van der Waals surface area contributed by atoms with E-state index < -0.39 is 0 Å². The van der Waals surface area contributed by atoms with Crippen molar-refractivity contribution in [2.45, 2.75) is 39.2 Å². The number of rotatable bonds is 5. The molecule has 3 heterocycles. The predicted molar refractivity (Wildman–Crippen MR) is 118 cm³/mol. The van der Waals surface area contributed by atoms with Gasteiger partial charge in [-0.25, -0.2) is 0 Å². The summed E-state index contributed by atoms with van der Waals surface area (Å²) in [6, 6.07) is 12.1. The van der Waals surface area contributed by atoms with Crippen molar-refractivity contribution in [3.63, 3.8) is 0 Å². The highest BCUT2D eigenvalue weighted by molar-refractivity contribution is 5.94. The van der Waals surface area contributed by atoms with Crippen LogP contribution in [0.2, 0.25) is 0 Å². The van der Waals surface area contributed by atoms with Crippen LogP contribution in [0.1, 0.15) is 43.5 Å². The fourth-order valence-corrected chi connectivity index (χ4v) is 4.26. The van der Waals surface area contributed by atoms with Gasteiger partial charge in [0.25, 0.3) is 5.91 Å². The van der Waals surface area contributed by atoms with Crippen LogP contribution in [0.25, 0.3) is 0 Å². The molecule has 1 unspecified atom stereocenters. The van der Waals surface area contributed by atoms with Crippen LogP contribution in [-0.4, -0.2) is 66.4 Å². The molecule has 7 heteroatoms. The maximum Gasteiger partial charge on any atom is 0.253 e. The van der Waals surface area contributed by atoms with Gasteiger partial charge in [-0.05, 0) is 69.5 Å². The van der Waals surface area contributed by atoms with Gasteiger partial charge in [0, 0.05) is 44.3 Å². The molecular formula is C23H31N5O2. The summed E-state index contributed by atoms with van der Waals surface area (Å²) in [5, 5.41) is 8.98. The first-order chi connectivity index (χ1) is 14.7. The number of nitrogens with zero attached hydrogens (tertiary/aromatic N) is 5. The first kappa shape index (κ1) is 20.4. The molecule has 2 aromatic rings. The van der Waals surface area contributed by atoms with Crippen LogP contribution >= 0.6 is 0 Å². The van der Waals surface area contributed by atoms with Crippen molar-refractivity contribution in [1.82, 2.24) is 15.1 Å². The number of hydrogen-bond donors (Lipinski definition) is 0. The van der Waals surface area contributed by atoms with E-state index in [-0.39, 0.29) is 5.91 Å². The molecule has 0 bridgehead atoms. The fraction of sp³-hybridized carbons (Fsp3) is 0.522. The summed E-state index contributed by atoms with van der Waals surface area (Å²) < 4.78 is 5.45. The number of ether oxygens (including phenoxy) is 1. The molecule has 0 N–H and O–H groups in total. The van der Waals surface area contributed by atoms with E-state index in [9.17, 15) is 4.79 Å². The van der Waals surface area contributed by atoms with Crippen molar-refractivity contribution in [3.8, 4) is 5.75 Å². The Kier molecular flexibility index (Phi) is 6.35. The van der Waals surface area contributed by atoms with E-state index in [1.165, 1.54) is 19.3 Å². The Balaban J connectivity index is 1.33. The molecule has 2 aliphatic heterocycles. The normalized spacial score (nSPS) is 19.7. The van der Waals surface area contributed by atoms with Gasteiger partial charge >= 0.3 is 0 Å². The van der Waals surface area contributed by atoms with Crippen molar-refractivity contribution in [2.75, 3.05) is 49.1 Å². The second-order valence-electron chi connectivity index (χ2n) is 8.02. The third kappa shape index (κ3) is 4.50. The van der Waals surface area contributed by atoms with Gasteiger partial charge in [-0.2, -0.15) is 0 Å². The highest BCUT2D eigenvalue weighted by atomic mass is 16.5. The van der Waals surface area contributed by atoms with Gasteiger partial charge in [0.2, 0.25) is 0 Å². The SMILES string of the molecule is CCOc1ccc(C(=O)N2CCN(c3ccc(N4CCCCC4C)nn3)CC2)cc1. The van der Waals surface area contributed by atoms with Crippen molar-refractivity contribution in [1.29, 1.82) is 0 Å². The highest BCUT2D eigenvalue weighted by Crippen LogP contribution is 2.24. The van der Waals surface area contributed by atoms with Gasteiger partial charge < -0.3 is 19.4 Å². The van der Waals surface area contributed by atoms with Gasteiger partial charge in [0.05, 0.1) is 6.61 Å². The third-order valence-electron chi connectivity index (χ3n) is 6.04. The number of amides is 1. The molecule has 2 aliphatic rings. The van der Waals surface area contributed by atoms with E-state index in [1.807, 2.05) is 36.1 Å². The van der Waals surface area contributed by atoms with Crippen LogP contribution in [0.15, 0.2) is 36.4 Å². The van der Waals surface area contributed by atoms with E-state index in [0.29, 0.717) is 31.3 Å². The van der Waals surface area contributed by atoms with E-state index in [2.05, 4.69) is 39.1 Å². The molecular weight excluding hydrogens is 378 g/mol. The van der Waals surface area contributed by atoms with Crippen molar-refractivity contribution < 1.29 is 9.53 Å². The number of aromatic nitrogens is 2. The maximum absolute atomic E-state index is 12.8. The molecule has 1 amide bonds. The Morgan fingerprint density at radius 2 is 1.67 bits per heavy atom. The lowest BCUT2D eigenvalue weighted by Gasteiger charge is -2.36. The van der Waals surface area contributed by atoms with E-state index in [0.717, 1.165) is 37.0 Å². The quantitative estimate of drug-likeness (QED) is 0.756. The van der Waals surface area contributed by atoms with Crippen LogP contribution < -0.4 is 14.5 Å². The van der Waals surface area contributed by atoms with E-state index in [4.69, 9.17) is 4.74 Å². The van der Waals surface area contributed by atoms with Gasteiger partial charge in [-0.1, -0.05) is 0 Å². The molecule has 160 valence electrons. The van der Waals surface area contributed by atoms with E-state index >= 15 is 0 Å². The Hall–Kier alpha value is -2.83. The topological polar surface area (TPSA) is 61.8 Å². The van der Waals surface area contributed by atoms with Crippen LogP contribution in [0.5, 0.6) is 5.75 Å². The molecule has 0 radical (unpaired) electrons. The largest absolute Gasteiger partial charge is 0.494 e. The minimum absolute atomic E-state index is 0.0678. The molecule has 4 rings (SSSR count). The lowest BCUT2D eigenvalue weighted by molar-refractivity contribution is 0.0746. The van der Waals surface area contributed by atoms with Gasteiger partial charge in [0.15, 0.2) is 11.6 Å². The zero-order valence-electron chi connectivity index (χ0n) is 18.0. The Bertz CT molecular complexity index is 832. The molecule has 30 heavy (non-hydrogen) atoms. The molecule has 7 nitrogen and oxygen atoms in total. The number of hydrogen-bond acceptors (Lipinski definition) is 6. The van der Waals surface area contributed by atoms with Gasteiger partial charge in [0.1, 0.15) is 5.75 Å². The molecule has 0 spiro atoms. The van der Waals surface area contributed by atoms with Crippen molar-refractivity contribution in [3.05, 3.63) is 42.0 Å². The number of piperidine rings is 1. The third-order valence-corrected chi connectivity index (χ3v) is 6.04. The van der Waals surface area contributed by atoms with Crippen molar-refractivity contribution >= 4 is 17.5 Å². The average molecular weight is 410 g/mol. The Morgan fingerprint density at radius 1 is 0.967 bits per heavy atom. The second-order valence-corrected chi connectivity index (χ2v) is 8.02. The number of piperazine rings is 1. The maximum atomic E-state index is 12.8. The first-order valence-electron chi connectivity index (χ1n) is 11.0. The number of carbonyl (C=O) groups excluding carboxylic acids is 1. The molecule has 1 aromatic carbocycles.